The molecule has 1 aliphatic carbocycles. The maximum Gasteiger partial charge on any atom is 0.336 e. The SMILES string of the molecule is Cc1c(O[C@H]2CCCCC2=O)ccc2c(-c3ccccc3)cc(=O)oc12. The Morgan fingerprint density at radius 2 is 1.85 bits per heavy atom. The Balaban J connectivity index is 1.81. The van der Waals surface area contributed by atoms with Crippen molar-refractivity contribution in [3.8, 4) is 16.9 Å². The summed E-state index contributed by atoms with van der Waals surface area (Å²) in [4.78, 5) is 24.2. The normalized spacial score (nSPS) is 17.4. The van der Waals surface area contributed by atoms with E-state index in [1.54, 1.807) is 0 Å². The molecule has 1 atom stereocenters. The number of aryl methyl sites for hydroxylation is 1. The third kappa shape index (κ3) is 3.03. The van der Waals surface area contributed by atoms with Crippen molar-refractivity contribution in [2.75, 3.05) is 0 Å². The number of ether oxygens (including phenoxy) is 1. The topological polar surface area (TPSA) is 56.5 Å². The lowest BCUT2D eigenvalue weighted by Crippen LogP contribution is -2.30. The number of carbonyl (C=O) groups excluding carboxylic acids is 1. The van der Waals surface area contributed by atoms with Gasteiger partial charge < -0.3 is 9.15 Å². The molecule has 4 nitrogen and oxygen atoms in total. The number of Topliss-reactive ketones (excluding diaryl/α,β-unsaturated/α-hetero) is 1. The van der Waals surface area contributed by atoms with Crippen molar-refractivity contribution in [2.45, 2.75) is 38.7 Å². The fourth-order valence-electron chi connectivity index (χ4n) is 3.56. The summed E-state index contributed by atoms with van der Waals surface area (Å²) in [5.41, 5.74) is 2.65. The van der Waals surface area contributed by atoms with Crippen molar-refractivity contribution < 1.29 is 13.9 Å². The molecule has 1 heterocycles. The summed E-state index contributed by atoms with van der Waals surface area (Å²) in [6.45, 7) is 1.86. The van der Waals surface area contributed by atoms with Gasteiger partial charge in [-0.05, 0) is 49.4 Å². The molecule has 1 saturated carbocycles. The van der Waals surface area contributed by atoms with Crippen LogP contribution in [0.4, 0.5) is 0 Å². The Bertz CT molecular complexity index is 1020. The summed E-state index contributed by atoms with van der Waals surface area (Å²) in [5.74, 6) is 0.751. The Kier molecular flexibility index (Phi) is 4.33. The molecule has 2 aromatic carbocycles. The Hall–Kier alpha value is -2.88. The van der Waals surface area contributed by atoms with Gasteiger partial charge in [-0.1, -0.05) is 30.3 Å². The zero-order valence-corrected chi connectivity index (χ0v) is 14.7. The average Bonchev–Trinajstić information content (AvgIpc) is 2.66. The zero-order chi connectivity index (χ0) is 18.1. The van der Waals surface area contributed by atoms with Gasteiger partial charge in [-0.2, -0.15) is 0 Å². The predicted molar refractivity (Wildman–Crippen MR) is 101 cm³/mol. The van der Waals surface area contributed by atoms with Crippen LogP contribution in [0.2, 0.25) is 0 Å². The molecule has 0 aliphatic heterocycles. The standard InChI is InChI=1S/C22H20O4/c1-14-19(25-20-10-6-5-9-18(20)23)12-11-16-17(13-21(24)26-22(14)16)15-7-3-2-4-8-15/h2-4,7-8,11-13,20H,5-6,9-10H2,1H3/t20-/m0/s1. The van der Waals surface area contributed by atoms with Gasteiger partial charge in [0.25, 0.3) is 0 Å². The highest BCUT2D eigenvalue weighted by atomic mass is 16.5. The van der Waals surface area contributed by atoms with Crippen molar-refractivity contribution >= 4 is 16.8 Å². The van der Waals surface area contributed by atoms with Crippen LogP contribution in [0.5, 0.6) is 5.75 Å². The second-order valence-corrected chi connectivity index (χ2v) is 6.73. The summed E-state index contributed by atoms with van der Waals surface area (Å²) >= 11 is 0. The maximum atomic E-state index is 12.1. The van der Waals surface area contributed by atoms with Crippen LogP contribution < -0.4 is 10.4 Å². The molecule has 4 heteroatoms. The second-order valence-electron chi connectivity index (χ2n) is 6.73. The van der Waals surface area contributed by atoms with Gasteiger partial charge in [0.15, 0.2) is 11.9 Å². The van der Waals surface area contributed by atoms with Crippen LogP contribution in [0.25, 0.3) is 22.1 Å². The lowest BCUT2D eigenvalue weighted by atomic mass is 9.96. The van der Waals surface area contributed by atoms with Gasteiger partial charge in [-0.25, -0.2) is 4.79 Å². The molecule has 132 valence electrons. The van der Waals surface area contributed by atoms with Crippen molar-refractivity contribution in [1.29, 1.82) is 0 Å². The highest BCUT2D eigenvalue weighted by Gasteiger charge is 2.25. The second kappa shape index (κ2) is 6.79. The summed E-state index contributed by atoms with van der Waals surface area (Å²) < 4.78 is 11.5. The molecule has 0 radical (unpaired) electrons. The number of benzene rings is 2. The number of hydrogen-bond acceptors (Lipinski definition) is 4. The van der Waals surface area contributed by atoms with Crippen LogP contribution in [0.3, 0.4) is 0 Å². The molecule has 1 aromatic heterocycles. The van der Waals surface area contributed by atoms with Crippen LogP contribution in [0.15, 0.2) is 57.7 Å². The Labute approximate surface area is 151 Å². The number of hydrogen-bond donors (Lipinski definition) is 0. The first kappa shape index (κ1) is 16.6. The van der Waals surface area contributed by atoms with E-state index in [1.807, 2.05) is 49.4 Å². The van der Waals surface area contributed by atoms with Crippen molar-refractivity contribution in [3.63, 3.8) is 0 Å². The first-order chi connectivity index (χ1) is 12.6. The van der Waals surface area contributed by atoms with Gasteiger partial charge in [0.05, 0.1) is 0 Å². The number of fused-ring (bicyclic) bond motifs is 1. The van der Waals surface area contributed by atoms with Crippen LogP contribution in [-0.4, -0.2) is 11.9 Å². The minimum absolute atomic E-state index is 0.148. The molecule has 3 aromatic rings. The Morgan fingerprint density at radius 1 is 1.04 bits per heavy atom. The molecule has 1 aliphatic rings. The fourth-order valence-corrected chi connectivity index (χ4v) is 3.56. The van der Waals surface area contributed by atoms with E-state index in [0.29, 0.717) is 17.8 Å². The molecule has 26 heavy (non-hydrogen) atoms. The largest absolute Gasteiger partial charge is 0.482 e. The molecular weight excluding hydrogens is 328 g/mol. The van der Waals surface area contributed by atoms with Crippen LogP contribution in [0, 0.1) is 6.92 Å². The first-order valence-electron chi connectivity index (χ1n) is 8.96. The lowest BCUT2D eigenvalue weighted by molar-refractivity contribution is -0.127. The van der Waals surface area contributed by atoms with E-state index in [4.69, 9.17) is 9.15 Å². The van der Waals surface area contributed by atoms with Crippen molar-refractivity contribution in [1.82, 2.24) is 0 Å². The van der Waals surface area contributed by atoms with Gasteiger partial charge in [0, 0.05) is 23.4 Å². The lowest BCUT2D eigenvalue weighted by Gasteiger charge is -2.23. The molecule has 0 unspecified atom stereocenters. The summed E-state index contributed by atoms with van der Waals surface area (Å²) in [5, 5.41) is 0.857. The van der Waals surface area contributed by atoms with E-state index in [9.17, 15) is 9.59 Å². The maximum absolute atomic E-state index is 12.1. The molecule has 1 fully saturated rings. The van der Waals surface area contributed by atoms with Crippen molar-refractivity contribution in [3.05, 3.63) is 64.5 Å². The smallest absolute Gasteiger partial charge is 0.336 e. The van der Waals surface area contributed by atoms with Gasteiger partial charge in [0.1, 0.15) is 11.3 Å². The highest BCUT2D eigenvalue weighted by molar-refractivity contribution is 5.95. The van der Waals surface area contributed by atoms with Gasteiger partial charge in [-0.15, -0.1) is 0 Å². The minimum Gasteiger partial charge on any atom is -0.482 e. The number of ketones is 1. The average molecular weight is 348 g/mol. The molecule has 0 N–H and O–H groups in total. The third-order valence-electron chi connectivity index (χ3n) is 4.96. The van der Waals surface area contributed by atoms with E-state index >= 15 is 0 Å². The summed E-state index contributed by atoms with van der Waals surface area (Å²) in [6.07, 6.45) is 2.85. The highest BCUT2D eigenvalue weighted by Crippen LogP contribution is 2.34. The van der Waals surface area contributed by atoms with E-state index in [2.05, 4.69) is 0 Å². The molecule has 0 saturated heterocycles. The summed E-state index contributed by atoms with van der Waals surface area (Å²) in [7, 11) is 0. The Morgan fingerprint density at radius 3 is 2.62 bits per heavy atom. The molecular formula is C22H20O4. The van der Waals surface area contributed by atoms with E-state index in [1.165, 1.54) is 6.07 Å². The first-order valence-corrected chi connectivity index (χ1v) is 8.96. The molecule has 0 spiro atoms. The van der Waals surface area contributed by atoms with E-state index in [0.717, 1.165) is 41.3 Å². The zero-order valence-electron chi connectivity index (χ0n) is 14.7. The fraction of sp³-hybridized carbons (Fsp3) is 0.273. The summed E-state index contributed by atoms with van der Waals surface area (Å²) in [6, 6.07) is 15.0. The predicted octanol–water partition coefficient (Wildman–Crippen LogP) is 4.66. The monoisotopic (exact) mass is 348 g/mol. The van der Waals surface area contributed by atoms with E-state index in [-0.39, 0.29) is 5.78 Å². The van der Waals surface area contributed by atoms with Crippen LogP contribution in [0.1, 0.15) is 31.2 Å². The third-order valence-corrected chi connectivity index (χ3v) is 4.96. The minimum atomic E-state index is -0.399. The van der Waals surface area contributed by atoms with Crippen LogP contribution >= 0.6 is 0 Å². The number of carbonyl (C=O) groups is 1. The molecule has 0 bridgehead atoms. The van der Waals surface area contributed by atoms with Gasteiger partial charge in [-0.3, -0.25) is 4.79 Å². The quantitative estimate of drug-likeness (QED) is 0.646. The van der Waals surface area contributed by atoms with Crippen LogP contribution in [-0.2, 0) is 4.79 Å². The molecule has 4 rings (SSSR count). The van der Waals surface area contributed by atoms with Gasteiger partial charge >= 0.3 is 5.63 Å². The van der Waals surface area contributed by atoms with Crippen molar-refractivity contribution in [2.24, 2.45) is 0 Å². The van der Waals surface area contributed by atoms with E-state index < -0.39 is 11.7 Å². The molecule has 0 amide bonds. The number of rotatable bonds is 3. The van der Waals surface area contributed by atoms with Gasteiger partial charge in [0.2, 0.25) is 0 Å².